The molecule has 7 rings (SSSR count). The third-order valence-electron chi connectivity index (χ3n) is 6.33. The van der Waals surface area contributed by atoms with Crippen LogP contribution in [-0.4, -0.2) is 16.8 Å². The summed E-state index contributed by atoms with van der Waals surface area (Å²) in [6.07, 6.45) is 1.62. The fourth-order valence-corrected chi connectivity index (χ4v) is 5.39. The van der Waals surface area contributed by atoms with Crippen molar-refractivity contribution in [3.8, 4) is 0 Å². The summed E-state index contributed by atoms with van der Waals surface area (Å²) >= 11 is 0. The van der Waals surface area contributed by atoms with Crippen molar-refractivity contribution in [1.29, 1.82) is 0 Å². The third kappa shape index (κ3) is 1.75. The van der Waals surface area contributed by atoms with E-state index in [2.05, 4.69) is 29.2 Å². The summed E-state index contributed by atoms with van der Waals surface area (Å²) in [4.78, 5) is 32.4. The monoisotopic (exact) mass is 352 g/mol. The summed E-state index contributed by atoms with van der Waals surface area (Å²) in [5, 5.41) is 0. The predicted molar refractivity (Wildman–Crippen MR) is 100 cm³/mol. The van der Waals surface area contributed by atoms with E-state index in [0.29, 0.717) is 5.82 Å². The summed E-state index contributed by atoms with van der Waals surface area (Å²) < 4.78 is 0. The number of rotatable bonds is 1. The van der Waals surface area contributed by atoms with Crippen LogP contribution in [0.15, 0.2) is 72.9 Å². The Morgan fingerprint density at radius 1 is 0.630 bits per heavy atom. The van der Waals surface area contributed by atoms with Gasteiger partial charge in [-0.05, 0) is 34.4 Å². The average Bonchev–Trinajstić information content (AvgIpc) is 3.00. The number of benzene rings is 2. The number of anilines is 1. The molecular weight excluding hydrogens is 336 g/mol. The zero-order valence-electron chi connectivity index (χ0n) is 14.4. The Morgan fingerprint density at radius 3 is 1.48 bits per heavy atom. The molecule has 3 aromatic rings. The summed E-state index contributed by atoms with van der Waals surface area (Å²) in [5.41, 5.74) is 4.75. The highest BCUT2D eigenvalue weighted by Gasteiger charge is 2.61. The lowest BCUT2D eigenvalue weighted by atomic mass is 9.55. The first-order valence-electron chi connectivity index (χ1n) is 9.24. The van der Waals surface area contributed by atoms with Crippen molar-refractivity contribution in [2.45, 2.75) is 11.8 Å². The normalized spacial score (nSPS) is 27.3. The summed E-state index contributed by atoms with van der Waals surface area (Å²) in [6, 6.07) is 21.9. The zero-order valence-corrected chi connectivity index (χ0v) is 14.4. The van der Waals surface area contributed by atoms with Crippen LogP contribution in [0.5, 0.6) is 0 Å². The van der Waals surface area contributed by atoms with Gasteiger partial charge < -0.3 is 0 Å². The Bertz CT molecular complexity index is 993. The number of pyridine rings is 1. The van der Waals surface area contributed by atoms with Crippen LogP contribution < -0.4 is 4.90 Å². The molecule has 0 saturated carbocycles. The molecule has 27 heavy (non-hydrogen) atoms. The Balaban J connectivity index is 1.60. The van der Waals surface area contributed by atoms with Gasteiger partial charge in [-0.25, -0.2) is 9.88 Å². The SMILES string of the molecule is O=C1[C@@H]2C3c4ccccc4C(c4ccccc43)[C@H]2C(=O)N1c1ccccn1. The number of carbonyl (C=O) groups is 2. The van der Waals surface area contributed by atoms with Gasteiger partial charge in [0.1, 0.15) is 5.82 Å². The first kappa shape index (κ1) is 14.9. The maximum Gasteiger partial charge on any atom is 0.239 e. The average molecular weight is 352 g/mol. The van der Waals surface area contributed by atoms with E-state index in [4.69, 9.17) is 0 Å². The maximum atomic E-state index is 13.4. The molecular formula is C23H16N2O2. The van der Waals surface area contributed by atoms with Gasteiger partial charge in [-0.1, -0.05) is 54.6 Å². The fourth-order valence-electron chi connectivity index (χ4n) is 5.39. The molecule has 2 heterocycles. The lowest BCUT2D eigenvalue weighted by Gasteiger charge is -2.45. The Kier molecular flexibility index (Phi) is 2.82. The van der Waals surface area contributed by atoms with E-state index >= 15 is 0 Å². The molecule has 130 valence electrons. The van der Waals surface area contributed by atoms with E-state index in [9.17, 15) is 9.59 Å². The lowest BCUT2D eigenvalue weighted by molar-refractivity contribution is -0.122. The van der Waals surface area contributed by atoms with Crippen molar-refractivity contribution >= 4 is 17.6 Å². The molecule has 2 bridgehead atoms. The van der Waals surface area contributed by atoms with Crippen LogP contribution >= 0.6 is 0 Å². The van der Waals surface area contributed by atoms with Gasteiger partial charge in [0.2, 0.25) is 11.8 Å². The van der Waals surface area contributed by atoms with Gasteiger partial charge in [0, 0.05) is 18.0 Å². The van der Waals surface area contributed by atoms with Gasteiger partial charge >= 0.3 is 0 Å². The smallest absolute Gasteiger partial charge is 0.239 e. The number of aromatic nitrogens is 1. The first-order chi connectivity index (χ1) is 13.3. The lowest BCUT2D eigenvalue weighted by Crippen LogP contribution is -2.41. The topological polar surface area (TPSA) is 50.3 Å². The summed E-state index contributed by atoms with van der Waals surface area (Å²) in [6.45, 7) is 0. The first-order valence-corrected chi connectivity index (χ1v) is 9.24. The molecule has 0 radical (unpaired) electrons. The van der Waals surface area contributed by atoms with Crippen LogP contribution in [0.25, 0.3) is 0 Å². The van der Waals surface area contributed by atoms with Gasteiger partial charge in [-0.15, -0.1) is 0 Å². The third-order valence-corrected chi connectivity index (χ3v) is 6.33. The molecule has 4 heteroatoms. The zero-order chi connectivity index (χ0) is 18.1. The minimum Gasteiger partial charge on any atom is -0.274 e. The largest absolute Gasteiger partial charge is 0.274 e. The molecule has 3 aliphatic carbocycles. The van der Waals surface area contributed by atoms with Crippen LogP contribution in [0.2, 0.25) is 0 Å². The number of amides is 2. The Labute approximate surface area is 156 Å². The van der Waals surface area contributed by atoms with Crippen molar-refractivity contribution in [2.75, 3.05) is 4.90 Å². The second-order valence-corrected chi connectivity index (χ2v) is 7.46. The molecule has 4 aliphatic rings. The maximum absolute atomic E-state index is 13.4. The van der Waals surface area contributed by atoms with Crippen LogP contribution in [0.1, 0.15) is 34.1 Å². The van der Waals surface area contributed by atoms with E-state index in [1.165, 1.54) is 27.2 Å². The second-order valence-electron chi connectivity index (χ2n) is 7.46. The Hall–Kier alpha value is -3.27. The summed E-state index contributed by atoms with van der Waals surface area (Å²) in [7, 11) is 0. The molecule has 4 nitrogen and oxygen atoms in total. The standard InChI is InChI=1S/C23H16N2O2/c26-22-20-18-13-7-1-2-8-14(13)19(16-10-4-3-9-15(16)18)21(20)23(27)25(22)17-11-5-6-12-24-17/h1-12,18-21H/t18?,19?,20-,21-/m1/s1. The van der Waals surface area contributed by atoms with Gasteiger partial charge in [0.25, 0.3) is 0 Å². The molecule has 1 aromatic heterocycles. The minimum absolute atomic E-state index is 0.0717. The van der Waals surface area contributed by atoms with Crippen molar-refractivity contribution < 1.29 is 9.59 Å². The second kappa shape index (κ2) is 5.13. The van der Waals surface area contributed by atoms with Crippen molar-refractivity contribution in [2.24, 2.45) is 11.8 Å². The number of hydrogen-bond donors (Lipinski definition) is 0. The number of carbonyl (C=O) groups excluding carboxylic acids is 2. The molecule has 2 atom stereocenters. The van der Waals surface area contributed by atoms with Gasteiger partial charge in [-0.2, -0.15) is 0 Å². The quantitative estimate of drug-likeness (QED) is 0.630. The number of imide groups is 1. The van der Waals surface area contributed by atoms with Crippen molar-refractivity contribution in [3.05, 3.63) is 95.2 Å². The highest BCUT2D eigenvalue weighted by atomic mass is 16.2. The Morgan fingerprint density at radius 2 is 1.07 bits per heavy atom. The van der Waals surface area contributed by atoms with Crippen LogP contribution in [0.3, 0.4) is 0 Å². The molecule has 1 fully saturated rings. The van der Waals surface area contributed by atoms with E-state index in [1.54, 1.807) is 18.3 Å². The number of nitrogens with zero attached hydrogens (tertiary/aromatic N) is 2. The molecule has 1 aliphatic heterocycles. The number of hydrogen-bond acceptors (Lipinski definition) is 3. The highest BCUT2D eigenvalue weighted by Crippen LogP contribution is 2.61. The molecule has 0 spiro atoms. The van der Waals surface area contributed by atoms with Crippen molar-refractivity contribution in [1.82, 2.24) is 4.98 Å². The van der Waals surface area contributed by atoms with E-state index in [-0.39, 0.29) is 35.5 Å². The van der Waals surface area contributed by atoms with E-state index in [1.807, 2.05) is 30.3 Å². The predicted octanol–water partition coefficient (Wildman–Crippen LogP) is 3.48. The van der Waals surface area contributed by atoms with Gasteiger partial charge in [0.05, 0.1) is 11.8 Å². The highest BCUT2D eigenvalue weighted by molar-refractivity contribution is 6.23. The van der Waals surface area contributed by atoms with Crippen LogP contribution in [0, 0.1) is 11.8 Å². The van der Waals surface area contributed by atoms with Gasteiger partial charge in [0.15, 0.2) is 0 Å². The molecule has 0 unspecified atom stereocenters. The van der Waals surface area contributed by atoms with Crippen LogP contribution in [0.4, 0.5) is 5.82 Å². The fraction of sp³-hybridized carbons (Fsp3) is 0.174. The molecule has 0 N–H and O–H groups in total. The summed E-state index contributed by atoms with van der Waals surface area (Å²) in [5.74, 6) is -0.668. The van der Waals surface area contributed by atoms with E-state index < -0.39 is 0 Å². The van der Waals surface area contributed by atoms with E-state index in [0.717, 1.165) is 0 Å². The van der Waals surface area contributed by atoms with Crippen molar-refractivity contribution in [3.63, 3.8) is 0 Å². The van der Waals surface area contributed by atoms with Crippen LogP contribution in [-0.2, 0) is 9.59 Å². The minimum atomic E-state index is -0.352. The molecule has 2 amide bonds. The van der Waals surface area contributed by atoms with Gasteiger partial charge in [-0.3, -0.25) is 9.59 Å². The molecule has 1 saturated heterocycles. The molecule has 2 aromatic carbocycles.